The highest BCUT2D eigenvalue weighted by Gasteiger charge is 2.48. The van der Waals surface area contributed by atoms with E-state index in [0.717, 1.165) is 0 Å². The standard InChI is InChI=1S/C22H17ClN2O5/c1-2-10-24-22-18(25(28)29)16(12-6-5-7-13(23)11-12)17-19(26)14-8-3-4-9-15(14)20(27)21(17)30-22/h3-9,11,16,24H,2,10H2,1H3. The number of nitrogens with zero attached hydrogens (tertiary/aromatic N) is 1. The van der Waals surface area contributed by atoms with Crippen LogP contribution in [-0.2, 0) is 4.74 Å². The average molecular weight is 425 g/mol. The van der Waals surface area contributed by atoms with Gasteiger partial charge in [-0.3, -0.25) is 19.7 Å². The molecule has 1 atom stereocenters. The first-order valence-corrected chi connectivity index (χ1v) is 9.80. The Morgan fingerprint density at radius 2 is 1.80 bits per heavy atom. The first kappa shape index (κ1) is 19.8. The molecule has 4 rings (SSSR count). The molecule has 1 heterocycles. The van der Waals surface area contributed by atoms with Gasteiger partial charge in [0.1, 0.15) is 5.92 Å². The number of allylic oxidation sites excluding steroid dienone is 2. The van der Waals surface area contributed by atoms with Gasteiger partial charge in [-0.05, 0) is 24.1 Å². The number of fused-ring (bicyclic) bond motifs is 1. The van der Waals surface area contributed by atoms with Crippen molar-refractivity contribution in [2.75, 3.05) is 6.54 Å². The van der Waals surface area contributed by atoms with Gasteiger partial charge < -0.3 is 10.1 Å². The maximum Gasteiger partial charge on any atom is 0.317 e. The number of hydrogen-bond donors (Lipinski definition) is 1. The maximum atomic E-state index is 13.4. The van der Waals surface area contributed by atoms with E-state index >= 15 is 0 Å². The van der Waals surface area contributed by atoms with E-state index in [-0.39, 0.29) is 34.0 Å². The van der Waals surface area contributed by atoms with E-state index in [4.69, 9.17) is 16.3 Å². The quantitative estimate of drug-likeness (QED) is 0.569. The van der Waals surface area contributed by atoms with Crippen LogP contribution in [0.2, 0.25) is 5.02 Å². The Balaban J connectivity index is 1.98. The van der Waals surface area contributed by atoms with Gasteiger partial charge in [0, 0.05) is 22.7 Å². The predicted octanol–water partition coefficient (Wildman–Crippen LogP) is 4.23. The molecular formula is C22H17ClN2O5. The fraction of sp³-hybridized carbons (Fsp3) is 0.182. The molecule has 2 aromatic carbocycles. The van der Waals surface area contributed by atoms with Crippen molar-refractivity contribution < 1.29 is 19.2 Å². The van der Waals surface area contributed by atoms with Crippen LogP contribution in [0, 0.1) is 10.1 Å². The van der Waals surface area contributed by atoms with E-state index in [9.17, 15) is 19.7 Å². The SMILES string of the molecule is CCCNC1=C([N+](=O)[O-])C(c2cccc(Cl)c2)C2=C(O1)C(=O)c1ccccc1C2=O. The Hall–Kier alpha value is -3.45. The molecule has 8 heteroatoms. The zero-order valence-electron chi connectivity index (χ0n) is 16.0. The van der Waals surface area contributed by atoms with Crippen LogP contribution < -0.4 is 5.32 Å². The molecule has 2 aliphatic rings. The van der Waals surface area contributed by atoms with Gasteiger partial charge in [0.2, 0.25) is 5.78 Å². The maximum absolute atomic E-state index is 13.4. The van der Waals surface area contributed by atoms with Crippen LogP contribution in [-0.4, -0.2) is 23.0 Å². The number of nitro groups is 1. The minimum absolute atomic E-state index is 0.0466. The van der Waals surface area contributed by atoms with E-state index in [1.807, 2.05) is 6.92 Å². The monoisotopic (exact) mass is 424 g/mol. The average Bonchev–Trinajstić information content (AvgIpc) is 2.74. The van der Waals surface area contributed by atoms with Crippen molar-refractivity contribution >= 4 is 23.2 Å². The summed E-state index contributed by atoms with van der Waals surface area (Å²) in [6.45, 7) is 2.29. The fourth-order valence-electron chi connectivity index (χ4n) is 3.72. The van der Waals surface area contributed by atoms with Crippen LogP contribution in [0.1, 0.15) is 45.5 Å². The highest BCUT2D eigenvalue weighted by molar-refractivity contribution is 6.30. The van der Waals surface area contributed by atoms with Gasteiger partial charge in [-0.15, -0.1) is 0 Å². The Morgan fingerprint density at radius 3 is 2.43 bits per heavy atom. The second kappa shape index (κ2) is 7.76. The molecule has 0 aromatic heterocycles. The molecule has 1 N–H and O–H groups in total. The van der Waals surface area contributed by atoms with E-state index in [1.54, 1.807) is 42.5 Å². The number of ether oxygens (including phenoxy) is 1. The summed E-state index contributed by atoms with van der Waals surface area (Å²) in [5, 5.41) is 15.3. The van der Waals surface area contributed by atoms with Crippen molar-refractivity contribution in [1.82, 2.24) is 5.32 Å². The molecule has 0 bridgehead atoms. The topological polar surface area (TPSA) is 98.5 Å². The molecule has 0 fully saturated rings. The third-order valence-corrected chi connectivity index (χ3v) is 5.26. The molecule has 30 heavy (non-hydrogen) atoms. The van der Waals surface area contributed by atoms with Crippen molar-refractivity contribution in [3.05, 3.63) is 103 Å². The summed E-state index contributed by atoms with van der Waals surface area (Å²) in [4.78, 5) is 38.0. The number of rotatable bonds is 5. The van der Waals surface area contributed by atoms with E-state index in [0.29, 0.717) is 23.6 Å². The summed E-state index contributed by atoms with van der Waals surface area (Å²) in [6.07, 6.45) is 0.682. The number of carbonyl (C=O) groups excluding carboxylic acids is 2. The molecule has 0 spiro atoms. The van der Waals surface area contributed by atoms with Crippen LogP contribution in [0.25, 0.3) is 0 Å². The predicted molar refractivity (Wildman–Crippen MR) is 110 cm³/mol. The molecule has 0 saturated heterocycles. The Kier molecular flexibility index (Phi) is 5.13. The third-order valence-electron chi connectivity index (χ3n) is 5.02. The van der Waals surface area contributed by atoms with Crippen LogP contribution in [0.4, 0.5) is 0 Å². The molecule has 7 nitrogen and oxygen atoms in total. The lowest BCUT2D eigenvalue weighted by molar-refractivity contribution is -0.433. The lowest BCUT2D eigenvalue weighted by Gasteiger charge is -2.30. The second-order valence-corrected chi connectivity index (χ2v) is 7.37. The molecule has 1 unspecified atom stereocenters. The largest absolute Gasteiger partial charge is 0.431 e. The second-order valence-electron chi connectivity index (χ2n) is 6.93. The first-order valence-electron chi connectivity index (χ1n) is 9.42. The summed E-state index contributed by atoms with van der Waals surface area (Å²) in [7, 11) is 0. The lowest BCUT2D eigenvalue weighted by atomic mass is 9.77. The Morgan fingerprint density at radius 1 is 1.10 bits per heavy atom. The number of benzene rings is 2. The first-order chi connectivity index (χ1) is 14.4. The van der Waals surface area contributed by atoms with Gasteiger partial charge in [-0.25, -0.2) is 0 Å². The summed E-state index contributed by atoms with van der Waals surface area (Å²) < 4.78 is 5.69. The summed E-state index contributed by atoms with van der Waals surface area (Å²) in [6, 6.07) is 12.9. The zero-order valence-corrected chi connectivity index (χ0v) is 16.7. The van der Waals surface area contributed by atoms with Gasteiger partial charge >= 0.3 is 5.70 Å². The lowest BCUT2D eigenvalue weighted by Crippen LogP contribution is -2.36. The molecule has 1 aliphatic carbocycles. The molecule has 1 aliphatic heterocycles. The minimum atomic E-state index is -1.10. The number of hydrogen-bond acceptors (Lipinski definition) is 6. The van der Waals surface area contributed by atoms with Crippen LogP contribution in [0.3, 0.4) is 0 Å². The number of ketones is 2. The van der Waals surface area contributed by atoms with E-state index in [1.165, 1.54) is 6.07 Å². The summed E-state index contributed by atoms with van der Waals surface area (Å²) in [5.41, 5.74) is 0.469. The van der Waals surface area contributed by atoms with E-state index < -0.39 is 22.4 Å². The summed E-state index contributed by atoms with van der Waals surface area (Å²) >= 11 is 6.13. The fourth-order valence-corrected chi connectivity index (χ4v) is 3.92. The van der Waals surface area contributed by atoms with Gasteiger partial charge in [0.25, 0.3) is 5.88 Å². The van der Waals surface area contributed by atoms with Crippen molar-refractivity contribution in [3.8, 4) is 0 Å². The molecule has 152 valence electrons. The van der Waals surface area contributed by atoms with Crippen molar-refractivity contribution in [2.45, 2.75) is 19.3 Å². The Bertz CT molecular complexity index is 1150. The molecule has 0 amide bonds. The third kappa shape index (κ3) is 3.17. The summed E-state index contributed by atoms with van der Waals surface area (Å²) in [5.74, 6) is -2.38. The molecule has 0 radical (unpaired) electrons. The zero-order chi connectivity index (χ0) is 21.4. The minimum Gasteiger partial charge on any atom is -0.431 e. The van der Waals surface area contributed by atoms with Gasteiger partial charge in [0.05, 0.1) is 10.5 Å². The normalized spacial score (nSPS) is 18.0. The van der Waals surface area contributed by atoms with Crippen molar-refractivity contribution in [1.29, 1.82) is 0 Å². The van der Waals surface area contributed by atoms with Gasteiger partial charge in [-0.1, -0.05) is 54.9 Å². The van der Waals surface area contributed by atoms with Gasteiger partial charge in [-0.2, -0.15) is 0 Å². The van der Waals surface area contributed by atoms with Gasteiger partial charge in [0.15, 0.2) is 11.5 Å². The highest BCUT2D eigenvalue weighted by atomic mass is 35.5. The molecular weight excluding hydrogens is 408 g/mol. The molecule has 0 saturated carbocycles. The number of nitrogens with one attached hydrogen (secondary N) is 1. The Labute approximate surface area is 177 Å². The molecule has 2 aromatic rings. The number of Topliss-reactive ketones (excluding diaryl/α,β-unsaturated/α-hetero) is 2. The van der Waals surface area contributed by atoms with Crippen LogP contribution >= 0.6 is 11.6 Å². The van der Waals surface area contributed by atoms with Crippen LogP contribution in [0.15, 0.2) is 71.4 Å². The highest BCUT2D eigenvalue weighted by Crippen LogP contribution is 2.45. The van der Waals surface area contributed by atoms with E-state index in [2.05, 4.69) is 5.32 Å². The number of carbonyl (C=O) groups is 2. The van der Waals surface area contributed by atoms with Crippen LogP contribution in [0.5, 0.6) is 0 Å². The van der Waals surface area contributed by atoms with Crippen molar-refractivity contribution in [2.24, 2.45) is 0 Å². The smallest absolute Gasteiger partial charge is 0.317 e. The van der Waals surface area contributed by atoms with Crippen molar-refractivity contribution in [3.63, 3.8) is 0 Å². The number of halogens is 1.